The lowest BCUT2D eigenvalue weighted by Gasteiger charge is -2.21. The molecule has 6 nitrogen and oxygen atoms in total. The maximum Gasteiger partial charge on any atom is 0.323 e. The zero-order valence-electron chi connectivity index (χ0n) is 15.1. The van der Waals surface area contributed by atoms with Crippen molar-refractivity contribution in [2.45, 2.75) is 26.9 Å². The van der Waals surface area contributed by atoms with Gasteiger partial charge in [-0.25, -0.2) is 9.37 Å². The molecule has 3 rings (SSSR count). The molecular formula is C20H20FN3O3. The highest BCUT2D eigenvalue weighted by Crippen LogP contribution is 2.19. The van der Waals surface area contributed by atoms with E-state index in [0.29, 0.717) is 16.6 Å². The summed E-state index contributed by atoms with van der Waals surface area (Å²) >= 11 is 0. The average molecular weight is 369 g/mol. The quantitative estimate of drug-likeness (QED) is 0.724. The van der Waals surface area contributed by atoms with Crippen LogP contribution >= 0.6 is 0 Å². The van der Waals surface area contributed by atoms with Crippen LogP contribution in [0.2, 0.25) is 0 Å². The third kappa shape index (κ3) is 3.97. The number of carbonyl (C=O) groups is 2. The van der Waals surface area contributed by atoms with Gasteiger partial charge in [0, 0.05) is 18.7 Å². The summed E-state index contributed by atoms with van der Waals surface area (Å²) in [6, 6.07) is 10.9. The number of aromatic nitrogens is 2. The summed E-state index contributed by atoms with van der Waals surface area (Å²) in [5.41, 5.74) is 2.47. The van der Waals surface area contributed by atoms with Gasteiger partial charge in [0.05, 0.1) is 11.0 Å². The number of imidazole rings is 1. The predicted octanol–water partition coefficient (Wildman–Crippen LogP) is 3.23. The second-order valence-corrected chi connectivity index (χ2v) is 6.29. The van der Waals surface area contributed by atoms with Crippen molar-refractivity contribution in [3.05, 3.63) is 65.2 Å². The first-order valence-electron chi connectivity index (χ1n) is 8.61. The molecule has 1 heterocycles. The molecule has 27 heavy (non-hydrogen) atoms. The van der Waals surface area contributed by atoms with Crippen LogP contribution in [-0.4, -0.2) is 38.0 Å². The second-order valence-electron chi connectivity index (χ2n) is 6.29. The standard InChI is InChI=1S/C20H20FN3O3/c1-3-24-13(2)22-17-10-15(7-8-18(17)24)20(27)23(12-19(25)26)11-14-5-4-6-16(21)9-14/h4-10H,3,11-12H2,1-2H3,(H,25,26). The van der Waals surface area contributed by atoms with E-state index in [1.54, 1.807) is 18.2 Å². The molecule has 1 amide bonds. The van der Waals surface area contributed by atoms with E-state index in [9.17, 15) is 19.1 Å². The number of halogens is 1. The molecule has 3 aromatic rings. The summed E-state index contributed by atoms with van der Waals surface area (Å²) in [5.74, 6) is -1.16. The van der Waals surface area contributed by atoms with E-state index in [1.165, 1.54) is 23.1 Å². The molecule has 140 valence electrons. The van der Waals surface area contributed by atoms with Gasteiger partial charge in [0.15, 0.2) is 0 Å². The highest BCUT2D eigenvalue weighted by Gasteiger charge is 2.20. The Hall–Kier alpha value is -3.22. The van der Waals surface area contributed by atoms with Gasteiger partial charge in [0.2, 0.25) is 0 Å². The van der Waals surface area contributed by atoms with Gasteiger partial charge in [0.25, 0.3) is 5.91 Å². The molecule has 0 saturated carbocycles. The molecule has 0 saturated heterocycles. The number of benzene rings is 2. The number of rotatable bonds is 6. The van der Waals surface area contributed by atoms with Crippen molar-refractivity contribution in [3.8, 4) is 0 Å². The van der Waals surface area contributed by atoms with Gasteiger partial charge in [-0.2, -0.15) is 0 Å². The minimum atomic E-state index is -1.13. The summed E-state index contributed by atoms with van der Waals surface area (Å²) in [4.78, 5) is 29.8. The van der Waals surface area contributed by atoms with Crippen molar-refractivity contribution in [2.75, 3.05) is 6.54 Å². The maximum atomic E-state index is 13.4. The summed E-state index contributed by atoms with van der Waals surface area (Å²) in [5, 5.41) is 9.17. The molecule has 2 aromatic carbocycles. The van der Waals surface area contributed by atoms with Crippen LogP contribution in [0.3, 0.4) is 0 Å². The second kappa shape index (κ2) is 7.57. The molecular weight excluding hydrogens is 349 g/mol. The minimum absolute atomic E-state index is 0.00333. The van der Waals surface area contributed by atoms with Crippen LogP contribution in [-0.2, 0) is 17.9 Å². The number of amides is 1. The van der Waals surface area contributed by atoms with Crippen LogP contribution in [0.15, 0.2) is 42.5 Å². The summed E-state index contributed by atoms with van der Waals surface area (Å²) in [7, 11) is 0. The fourth-order valence-electron chi connectivity index (χ4n) is 3.18. The number of aryl methyl sites for hydroxylation is 2. The summed E-state index contributed by atoms with van der Waals surface area (Å²) in [6.45, 7) is 4.20. The number of aliphatic carboxylic acids is 1. The number of hydrogen-bond donors (Lipinski definition) is 1. The van der Waals surface area contributed by atoms with Crippen molar-refractivity contribution in [3.63, 3.8) is 0 Å². The average Bonchev–Trinajstić information content (AvgIpc) is 2.94. The number of carboxylic acids is 1. The Morgan fingerprint density at radius 2 is 2.00 bits per heavy atom. The van der Waals surface area contributed by atoms with Crippen molar-refractivity contribution in [1.29, 1.82) is 0 Å². The Morgan fingerprint density at radius 3 is 2.67 bits per heavy atom. The Balaban J connectivity index is 1.93. The summed E-state index contributed by atoms with van der Waals surface area (Å²) < 4.78 is 15.5. The zero-order valence-corrected chi connectivity index (χ0v) is 15.1. The number of carboxylic acid groups (broad SMARTS) is 1. The largest absolute Gasteiger partial charge is 0.480 e. The molecule has 0 atom stereocenters. The Labute approximate surface area is 155 Å². The topological polar surface area (TPSA) is 75.4 Å². The van der Waals surface area contributed by atoms with Gasteiger partial charge >= 0.3 is 5.97 Å². The SMILES string of the molecule is CCn1c(C)nc2cc(C(=O)N(CC(=O)O)Cc3cccc(F)c3)ccc21. The molecule has 1 aromatic heterocycles. The number of fused-ring (bicyclic) bond motifs is 1. The van der Waals surface area contributed by atoms with Crippen LogP contribution in [0.5, 0.6) is 0 Å². The van der Waals surface area contributed by atoms with E-state index in [-0.39, 0.29) is 6.54 Å². The van der Waals surface area contributed by atoms with Gasteiger partial charge in [-0.15, -0.1) is 0 Å². The number of nitrogens with zero attached hydrogens (tertiary/aromatic N) is 3. The highest BCUT2D eigenvalue weighted by molar-refractivity contribution is 5.98. The molecule has 0 bridgehead atoms. The molecule has 0 fully saturated rings. The van der Waals surface area contributed by atoms with E-state index in [2.05, 4.69) is 4.98 Å². The van der Waals surface area contributed by atoms with Gasteiger partial charge < -0.3 is 14.6 Å². The van der Waals surface area contributed by atoms with Gasteiger partial charge in [0.1, 0.15) is 18.2 Å². The first-order valence-corrected chi connectivity index (χ1v) is 8.61. The number of carbonyl (C=O) groups excluding carboxylic acids is 1. The Morgan fingerprint density at radius 1 is 1.22 bits per heavy atom. The van der Waals surface area contributed by atoms with E-state index in [0.717, 1.165) is 17.9 Å². The van der Waals surface area contributed by atoms with Gasteiger partial charge in [-0.1, -0.05) is 12.1 Å². The molecule has 0 spiro atoms. The van der Waals surface area contributed by atoms with Gasteiger partial charge in [-0.05, 0) is 49.7 Å². The van der Waals surface area contributed by atoms with Crippen LogP contribution in [0.1, 0.15) is 28.7 Å². The Bertz CT molecular complexity index is 1010. The fraction of sp³-hybridized carbons (Fsp3) is 0.250. The van der Waals surface area contributed by atoms with Gasteiger partial charge in [-0.3, -0.25) is 9.59 Å². The lowest BCUT2D eigenvalue weighted by Crippen LogP contribution is -2.35. The van der Waals surface area contributed by atoms with Crippen LogP contribution in [0, 0.1) is 12.7 Å². The highest BCUT2D eigenvalue weighted by atomic mass is 19.1. The van der Waals surface area contributed by atoms with Crippen molar-refractivity contribution >= 4 is 22.9 Å². The summed E-state index contributed by atoms with van der Waals surface area (Å²) in [6.07, 6.45) is 0. The molecule has 0 aliphatic carbocycles. The smallest absolute Gasteiger partial charge is 0.323 e. The monoisotopic (exact) mass is 369 g/mol. The molecule has 0 aliphatic rings. The maximum absolute atomic E-state index is 13.4. The first-order chi connectivity index (χ1) is 12.9. The normalized spacial score (nSPS) is 10.9. The minimum Gasteiger partial charge on any atom is -0.480 e. The lowest BCUT2D eigenvalue weighted by molar-refractivity contribution is -0.137. The van der Waals surface area contributed by atoms with E-state index in [1.807, 2.05) is 24.5 Å². The van der Waals surface area contributed by atoms with Crippen LogP contribution < -0.4 is 0 Å². The van der Waals surface area contributed by atoms with E-state index < -0.39 is 24.2 Å². The van der Waals surface area contributed by atoms with Crippen LogP contribution in [0.25, 0.3) is 11.0 Å². The molecule has 0 unspecified atom stereocenters. The van der Waals surface area contributed by atoms with Crippen molar-refractivity contribution in [2.24, 2.45) is 0 Å². The van der Waals surface area contributed by atoms with Crippen molar-refractivity contribution in [1.82, 2.24) is 14.5 Å². The first kappa shape index (κ1) is 18.6. The zero-order chi connectivity index (χ0) is 19.6. The molecule has 7 heteroatoms. The number of hydrogen-bond acceptors (Lipinski definition) is 3. The van der Waals surface area contributed by atoms with E-state index >= 15 is 0 Å². The van der Waals surface area contributed by atoms with E-state index in [4.69, 9.17) is 0 Å². The molecule has 0 aliphatic heterocycles. The lowest BCUT2D eigenvalue weighted by atomic mass is 10.1. The van der Waals surface area contributed by atoms with Crippen LogP contribution in [0.4, 0.5) is 4.39 Å². The fourth-order valence-corrected chi connectivity index (χ4v) is 3.18. The predicted molar refractivity (Wildman–Crippen MR) is 98.9 cm³/mol. The Kier molecular flexibility index (Phi) is 5.21. The molecule has 0 radical (unpaired) electrons. The molecule has 1 N–H and O–H groups in total. The third-order valence-electron chi connectivity index (χ3n) is 4.38. The van der Waals surface area contributed by atoms with Crippen molar-refractivity contribution < 1.29 is 19.1 Å². The third-order valence-corrected chi connectivity index (χ3v) is 4.38.